The van der Waals surface area contributed by atoms with E-state index in [2.05, 4.69) is 66.1 Å². The molecule has 1 N–H and O–H groups in total. The molecule has 0 spiro atoms. The summed E-state index contributed by atoms with van der Waals surface area (Å²) in [6.07, 6.45) is 2.80. The SMILES string of the molecule is Cc1ccc(CCC(O)c2c(Br)cnn2C(C)C)cc1. The van der Waals surface area contributed by atoms with Crippen molar-refractivity contribution >= 4 is 15.9 Å². The van der Waals surface area contributed by atoms with Crippen molar-refractivity contribution in [1.82, 2.24) is 9.78 Å². The normalized spacial score (nSPS) is 12.9. The van der Waals surface area contributed by atoms with E-state index in [1.807, 2.05) is 4.68 Å². The monoisotopic (exact) mass is 336 g/mol. The molecule has 0 aliphatic rings. The van der Waals surface area contributed by atoms with E-state index in [9.17, 15) is 5.11 Å². The highest BCUT2D eigenvalue weighted by molar-refractivity contribution is 9.10. The summed E-state index contributed by atoms with van der Waals surface area (Å²) in [6.45, 7) is 6.21. The standard InChI is InChI=1S/C16H21BrN2O/c1-11(2)19-16(14(17)10-18-19)15(20)9-8-13-6-4-12(3)5-7-13/h4-7,10-11,15,20H,8-9H2,1-3H3. The van der Waals surface area contributed by atoms with Gasteiger partial charge in [0, 0.05) is 6.04 Å². The zero-order valence-corrected chi connectivity index (χ0v) is 13.8. The van der Waals surface area contributed by atoms with E-state index in [-0.39, 0.29) is 6.04 Å². The van der Waals surface area contributed by atoms with Gasteiger partial charge in [0.1, 0.15) is 0 Å². The molecule has 1 aromatic carbocycles. The lowest BCUT2D eigenvalue weighted by molar-refractivity contribution is 0.154. The van der Waals surface area contributed by atoms with Crippen molar-refractivity contribution in [3.05, 3.63) is 51.8 Å². The largest absolute Gasteiger partial charge is 0.387 e. The number of aryl methyl sites for hydroxylation is 2. The predicted octanol–water partition coefficient (Wildman–Crippen LogP) is 4.20. The Labute approximate surface area is 128 Å². The van der Waals surface area contributed by atoms with E-state index in [1.165, 1.54) is 11.1 Å². The highest BCUT2D eigenvalue weighted by atomic mass is 79.9. The first kappa shape index (κ1) is 15.3. The summed E-state index contributed by atoms with van der Waals surface area (Å²) in [5.74, 6) is 0. The minimum Gasteiger partial charge on any atom is -0.387 e. The quantitative estimate of drug-likeness (QED) is 0.888. The van der Waals surface area contributed by atoms with Gasteiger partial charge >= 0.3 is 0 Å². The van der Waals surface area contributed by atoms with E-state index in [0.29, 0.717) is 6.42 Å². The van der Waals surface area contributed by atoms with Gasteiger partial charge in [-0.05, 0) is 55.1 Å². The molecule has 0 aliphatic heterocycles. The number of nitrogens with zero attached hydrogens (tertiary/aromatic N) is 2. The molecule has 0 aliphatic carbocycles. The van der Waals surface area contributed by atoms with Gasteiger partial charge in [0.15, 0.2) is 0 Å². The second kappa shape index (κ2) is 6.55. The first-order valence-electron chi connectivity index (χ1n) is 6.95. The number of rotatable bonds is 5. The van der Waals surface area contributed by atoms with E-state index < -0.39 is 6.10 Å². The van der Waals surface area contributed by atoms with Crippen LogP contribution in [0.2, 0.25) is 0 Å². The summed E-state index contributed by atoms with van der Waals surface area (Å²) < 4.78 is 2.76. The minimum absolute atomic E-state index is 0.241. The smallest absolute Gasteiger partial charge is 0.0971 e. The molecule has 1 aromatic heterocycles. The first-order chi connectivity index (χ1) is 9.49. The molecule has 0 radical (unpaired) electrons. The van der Waals surface area contributed by atoms with Gasteiger partial charge in [-0.1, -0.05) is 29.8 Å². The predicted molar refractivity (Wildman–Crippen MR) is 84.8 cm³/mol. The molecule has 0 fully saturated rings. The molecule has 0 bridgehead atoms. The van der Waals surface area contributed by atoms with Crippen molar-refractivity contribution in [2.75, 3.05) is 0 Å². The fourth-order valence-electron chi connectivity index (χ4n) is 2.27. The third kappa shape index (κ3) is 3.49. The van der Waals surface area contributed by atoms with Crippen LogP contribution in [0.3, 0.4) is 0 Å². The average Bonchev–Trinajstić information content (AvgIpc) is 2.80. The van der Waals surface area contributed by atoms with Crippen molar-refractivity contribution < 1.29 is 5.11 Å². The summed E-state index contributed by atoms with van der Waals surface area (Å²) in [5, 5.41) is 14.8. The fraction of sp³-hybridized carbons (Fsp3) is 0.438. The molecule has 1 atom stereocenters. The Bertz CT molecular complexity index is 560. The average molecular weight is 337 g/mol. The van der Waals surface area contributed by atoms with Crippen molar-refractivity contribution in [2.45, 2.75) is 45.8 Å². The van der Waals surface area contributed by atoms with E-state index in [1.54, 1.807) is 6.20 Å². The Morgan fingerprint density at radius 3 is 2.50 bits per heavy atom. The molecule has 4 heteroatoms. The zero-order chi connectivity index (χ0) is 14.7. The van der Waals surface area contributed by atoms with Crippen LogP contribution >= 0.6 is 15.9 Å². The molecule has 0 amide bonds. The number of aromatic nitrogens is 2. The van der Waals surface area contributed by atoms with Crippen LogP contribution in [0.4, 0.5) is 0 Å². The van der Waals surface area contributed by atoms with Crippen molar-refractivity contribution in [2.24, 2.45) is 0 Å². The topological polar surface area (TPSA) is 38.1 Å². The summed E-state index contributed by atoms with van der Waals surface area (Å²) in [5.41, 5.74) is 3.38. The maximum atomic E-state index is 10.4. The lowest BCUT2D eigenvalue weighted by Gasteiger charge is -2.16. The summed E-state index contributed by atoms with van der Waals surface area (Å²) in [6, 6.07) is 8.70. The molecule has 0 saturated carbocycles. The third-order valence-electron chi connectivity index (χ3n) is 3.42. The molecule has 108 valence electrons. The van der Waals surface area contributed by atoms with Gasteiger partial charge in [-0.15, -0.1) is 0 Å². The van der Waals surface area contributed by atoms with Gasteiger partial charge in [-0.2, -0.15) is 5.10 Å². The number of hydrogen-bond donors (Lipinski definition) is 1. The number of hydrogen-bond acceptors (Lipinski definition) is 2. The molecule has 3 nitrogen and oxygen atoms in total. The van der Waals surface area contributed by atoms with Crippen LogP contribution < -0.4 is 0 Å². The maximum Gasteiger partial charge on any atom is 0.0971 e. The summed E-state index contributed by atoms with van der Waals surface area (Å²) in [4.78, 5) is 0. The molecule has 2 aromatic rings. The Kier molecular flexibility index (Phi) is 5.00. The third-order valence-corrected chi connectivity index (χ3v) is 4.03. The van der Waals surface area contributed by atoms with Crippen LogP contribution in [-0.4, -0.2) is 14.9 Å². The van der Waals surface area contributed by atoms with Crippen LogP contribution in [0.1, 0.15) is 49.2 Å². The molecule has 0 saturated heterocycles. The van der Waals surface area contributed by atoms with Gasteiger partial charge < -0.3 is 5.11 Å². The second-order valence-corrected chi connectivity index (χ2v) is 6.31. The van der Waals surface area contributed by atoms with Crippen LogP contribution in [0.5, 0.6) is 0 Å². The highest BCUT2D eigenvalue weighted by Crippen LogP contribution is 2.28. The fourth-order valence-corrected chi connectivity index (χ4v) is 2.81. The van der Waals surface area contributed by atoms with Gasteiger partial charge in [0.05, 0.1) is 22.5 Å². The summed E-state index contributed by atoms with van der Waals surface area (Å²) in [7, 11) is 0. The van der Waals surface area contributed by atoms with Gasteiger partial charge in [-0.25, -0.2) is 0 Å². The first-order valence-corrected chi connectivity index (χ1v) is 7.75. The van der Waals surface area contributed by atoms with Crippen LogP contribution in [0.25, 0.3) is 0 Å². The van der Waals surface area contributed by atoms with Crippen LogP contribution in [0, 0.1) is 6.92 Å². The van der Waals surface area contributed by atoms with Gasteiger partial charge in [-0.3, -0.25) is 4.68 Å². The van der Waals surface area contributed by atoms with E-state index in [4.69, 9.17) is 0 Å². The number of halogens is 1. The summed E-state index contributed by atoms with van der Waals surface area (Å²) >= 11 is 3.48. The zero-order valence-electron chi connectivity index (χ0n) is 12.2. The van der Waals surface area contributed by atoms with Crippen molar-refractivity contribution in [1.29, 1.82) is 0 Å². The Balaban J connectivity index is 2.07. The number of benzene rings is 1. The van der Waals surface area contributed by atoms with Gasteiger partial charge in [0.25, 0.3) is 0 Å². The van der Waals surface area contributed by atoms with Crippen LogP contribution in [0.15, 0.2) is 34.9 Å². The molecular formula is C16H21BrN2O. The Morgan fingerprint density at radius 2 is 1.90 bits per heavy atom. The molecule has 1 heterocycles. The number of aliphatic hydroxyl groups is 1. The molecular weight excluding hydrogens is 316 g/mol. The second-order valence-electron chi connectivity index (χ2n) is 5.46. The Morgan fingerprint density at radius 1 is 1.25 bits per heavy atom. The molecule has 2 rings (SSSR count). The van der Waals surface area contributed by atoms with E-state index >= 15 is 0 Å². The lowest BCUT2D eigenvalue weighted by atomic mass is 10.0. The van der Waals surface area contributed by atoms with Crippen LogP contribution in [-0.2, 0) is 6.42 Å². The molecule has 1 unspecified atom stereocenters. The number of aliphatic hydroxyl groups excluding tert-OH is 1. The van der Waals surface area contributed by atoms with Crippen molar-refractivity contribution in [3.8, 4) is 0 Å². The lowest BCUT2D eigenvalue weighted by Crippen LogP contribution is -2.12. The minimum atomic E-state index is -0.504. The Hall–Kier alpha value is -1.13. The van der Waals surface area contributed by atoms with E-state index in [0.717, 1.165) is 16.6 Å². The molecule has 20 heavy (non-hydrogen) atoms. The van der Waals surface area contributed by atoms with Crippen molar-refractivity contribution in [3.63, 3.8) is 0 Å². The maximum absolute atomic E-state index is 10.4. The van der Waals surface area contributed by atoms with Gasteiger partial charge in [0.2, 0.25) is 0 Å². The highest BCUT2D eigenvalue weighted by Gasteiger charge is 2.19.